The molecule has 0 aliphatic carbocycles. The second-order valence-corrected chi connectivity index (χ2v) is 3.15. The summed E-state index contributed by atoms with van der Waals surface area (Å²) in [7, 11) is 0. The Morgan fingerprint density at radius 2 is 1.92 bits per heavy atom. The maximum atomic E-state index is 11.0. The van der Waals surface area contributed by atoms with E-state index in [1.165, 1.54) is 13.8 Å². The number of nitrogens with two attached hydrogens (primary N) is 1. The molecule has 0 saturated carbocycles. The number of ketones is 1. The SMILES string of the molecule is CC(=O)N[C@@H](CCCCN)C(C)=O. The molecule has 76 valence electrons. The van der Waals surface area contributed by atoms with Crippen LogP contribution in [0.5, 0.6) is 0 Å². The Bertz CT molecular complexity index is 180. The Hall–Kier alpha value is -0.900. The predicted molar refractivity (Wildman–Crippen MR) is 51.2 cm³/mol. The summed E-state index contributed by atoms with van der Waals surface area (Å²) < 4.78 is 0. The third kappa shape index (κ3) is 6.28. The lowest BCUT2D eigenvalue weighted by Gasteiger charge is -2.13. The van der Waals surface area contributed by atoms with Gasteiger partial charge in [0.1, 0.15) is 0 Å². The number of hydrogen-bond acceptors (Lipinski definition) is 3. The second kappa shape index (κ2) is 6.60. The van der Waals surface area contributed by atoms with Crippen LogP contribution in [0.25, 0.3) is 0 Å². The van der Waals surface area contributed by atoms with Crippen molar-refractivity contribution in [2.45, 2.75) is 39.2 Å². The third-order valence-corrected chi connectivity index (χ3v) is 1.82. The van der Waals surface area contributed by atoms with Gasteiger partial charge in [-0.2, -0.15) is 0 Å². The van der Waals surface area contributed by atoms with Crippen LogP contribution in [-0.4, -0.2) is 24.3 Å². The van der Waals surface area contributed by atoms with Crippen LogP contribution in [0.4, 0.5) is 0 Å². The van der Waals surface area contributed by atoms with Crippen LogP contribution in [0, 0.1) is 0 Å². The zero-order valence-electron chi connectivity index (χ0n) is 8.30. The lowest BCUT2D eigenvalue weighted by molar-refractivity contribution is -0.125. The highest BCUT2D eigenvalue weighted by molar-refractivity contribution is 5.86. The first-order chi connectivity index (χ1) is 6.07. The lowest BCUT2D eigenvalue weighted by Crippen LogP contribution is -2.38. The van der Waals surface area contributed by atoms with Crippen LogP contribution in [0.15, 0.2) is 0 Å². The van der Waals surface area contributed by atoms with Gasteiger partial charge in [0.05, 0.1) is 6.04 Å². The van der Waals surface area contributed by atoms with Crippen molar-refractivity contribution in [3.63, 3.8) is 0 Å². The molecule has 0 aromatic heterocycles. The monoisotopic (exact) mass is 186 g/mol. The molecule has 1 amide bonds. The molecule has 0 aromatic rings. The van der Waals surface area contributed by atoms with Gasteiger partial charge in [0.15, 0.2) is 5.78 Å². The van der Waals surface area contributed by atoms with Gasteiger partial charge >= 0.3 is 0 Å². The molecule has 3 N–H and O–H groups in total. The van der Waals surface area contributed by atoms with Gasteiger partial charge in [-0.1, -0.05) is 0 Å². The Morgan fingerprint density at radius 3 is 2.31 bits per heavy atom. The molecule has 0 aromatic carbocycles. The molecule has 0 unspecified atom stereocenters. The average molecular weight is 186 g/mol. The van der Waals surface area contributed by atoms with E-state index in [2.05, 4.69) is 5.32 Å². The molecule has 0 aliphatic rings. The van der Waals surface area contributed by atoms with Crippen LogP contribution in [0.1, 0.15) is 33.1 Å². The summed E-state index contributed by atoms with van der Waals surface area (Å²) in [4.78, 5) is 21.7. The van der Waals surface area contributed by atoms with Gasteiger partial charge in [0.25, 0.3) is 0 Å². The van der Waals surface area contributed by atoms with Gasteiger partial charge in [-0.15, -0.1) is 0 Å². The van der Waals surface area contributed by atoms with E-state index in [9.17, 15) is 9.59 Å². The van der Waals surface area contributed by atoms with E-state index < -0.39 is 0 Å². The summed E-state index contributed by atoms with van der Waals surface area (Å²) in [5, 5.41) is 2.61. The molecule has 1 atom stereocenters. The van der Waals surface area contributed by atoms with E-state index in [0.29, 0.717) is 13.0 Å². The minimum Gasteiger partial charge on any atom is -0.347 e. The molecule has 13 heavy (non-hydrogen) atoms. The lowest BCUT2D eigenvalue weighted by atomic mass is 10.1. The predicted octanol–water partition coefficient (Wildman–Crippen LogP) is 0.209. The number of carbonyl (C=O) groups is 2. The molecule has 4 nitrogen and oxygen atoms in total. The fraction of sp³-hybridized carbons (Fsp3) is 0.778. The van der Waals surface area contributed by atoms with Crippen molar-refractivity contribution in [2.75, 3.05) is 6.54 Å². The van der Waals surface area contributed by atoms with Crippen molar-refractivity contribution in [3.05, 3.63) is 0 Å². The normalized spacial score (nSPS) is 12.2. The zero-order valence-corrected chi connectivity index (χ0v) is 8.30. The first-order valence-electron chi connectivity index (χ1n) is 4.55. The van der Waals surface area contributed by atoms with Gasteiger partial charge < -0.3 is 11.1 Å². The van der Waals surface area contributed by atoms with E-state index in [1.54, 1.807) is 0 Å². The quantitative estimate of drug-likeness (QED) is 0.582. The largest absolute Gasteiger partial charge is 0.347 e. The molecule has 0 radical (unpaired) electrons. The topological polar surface area (TPSA) is 72.2 Å². The van der Waals surface area contributed by atoms with E-state index in [4.69, 9.17) is 5.73 Å². The Kier molecular flexibility index (Phi) is 6.14. The maximum absolute atomic E-state index is 11.0. The van der Waals surface area contributed by atoms with Crippen LogP contribution >= 0.6 is 0 Å². The van der Waals surface area contributed by atoms with Crippen LogP contribution in [0.3, 0.4) is 0 Å². The molecule has 0 bridgehead atoms. The summed E-state index contributed by atoms with van der Waals surface area (Å²) >= 11 is 0. The number of hydrogen-bond donors (Lipinski definition) is 2. The molecule has 0 fully saturated rings. The van der Waals surface area contributed by atoms with Crippen molar-refractivity contribution in [1.82, 2.24) is 5.32 Å². The number of carbonyl (C=O) groups excluding carboxylic acids is 2. The molecule has 0 heterocycles. The Labute approximate surface area is 78.9 Å². The summed E-state index contributed by atoms with van der Waals surface area (Å²) in [5.74, 6) is -0.153. The highest BCUT2D eigenvalue weighted by Crippen LogP contribution is 2.01. The number of rotatable bonds is 6. The second-order valence-electron chi connectivity index (χ2n) is 3.15. The minimum absolute atomic E-state index is 0.00669. The van der Waals surface area contributed by atoms with Gasteiger partial charge in [-0.3, -0.25) is 9.59 Å². The number of nitrogens with one attached hydrogen (secondary N) is 1. The van der Waals surface area contributed by atoms with Crippen LogP contribution < -0.4 is 11.1 Å². The van der Waals surface area contributed by atoms with Crippen molar-refractivity contribution >= 4 is 11.7 Å². The van der Waals surface area contributed by atoms with Crippen molar-refractivity contribution in [1.29, 1.82) is 0 Å². The highest BCUT2D eigenvalue weighted by Gasteiger charge is 2.13. The van der Waals surface area contributed by atoms with Crippen LogP contribution in [0.2, 0.25) is 0 Å². The van der Waals surface area contributed by atoms with Gasteiger partial charge in [-0.05, 0) is 32.7 Å². The van der Waals surface area contributed by atoms with Crippen molar-refractivity contribution < 1.29 is 9.59 Å². The summed E-state index contributed by atoms with van der Waals surface area (Å²) in [6.45, 7) is 3.53. The molecule has 0 saturated heterocycles. The van der Waals surface area contributed by atoms with E-state index in [1.807, 2.05) is 0 Å². The summed E-state index contributed by atoms with van der Waals surface area (Å²) in [5.41, 5.74) is 5.32. The smallest absolute Gasteiger partial charge is 0.217 e. The molecule has 0 spiro atoms. The zero-order chi connectivity index (χ0) is 10.3. The Balaban J connectivity index is 3.81. The number of amides is 1. The molecular weight excluding hydrogens is 168 g/mol. The molecule has 0 aliphatic heterocycles. The standard InChI is InChI=1S/C9H18N2O2/c1-7(12)9(11-8(2)13)5-3-4-6-10/h9H,3-6,10H2,1-2H3,(H,11,13)/t9-/m0/s1. The van der Waals surface area contributed by atoms with Crippen molar-refractivity contribution in [2.24, 2.45) is 5.73 Å². The first kappa shape index (κ1) is 12.1. The minimum atomic E-state index is -0.330. The number of unbranched alkanes of at least 4 members (excludes halogenated alkanes) is 1. The summed E-state index contributed by atoms with van der Waals surface area (Å²) in [6, 6.07) is -0.330. The fourth-order valence-electron chi connectivity index (χ4n) is 1.12. The molecule has 0 rings (SSSR count). The van der Waals surface area contributed by atoms with E-state index >= 15 is 0 Å². The Morgan fingerprint density at radius 1 is 1.31 bits per heavy atom. The highest BCUT2D eigenvalue weighted by atomic mass is 16.2. The van der Waals surface area contributed by atoms with E-state index in [-0.39, 0.29) is 17.7 Å². The number of Topliss-reactive ketones (excluding diaryl/α,β-unsaturated/α-hetero) is 1. The molecular formula is C9H18N2O2. The van der Waals surface area contributed by atoms with E-state index in [0.717, 1.165) is 12.8 Å². The van der Waals surface area contributed by atoms with Gasteiger partial charge in [0, 0.05) is 6.92 Å². The average Bonchev–Trinajstić information content (AvgIpc) is 2.02. The van der Waals surface area contributed by atoms with Crippen molar-refractivity contribution in [3.8, 4) is 0 Å². The maximum Gasteiger partial charge on any atom is 0.217 e. The third-order valence-electron chi connectivity index (χ3n) is 1.82. The first-order valence-corrected chi connectivity index (χ1v) is 4.55. The summed E-state index contributed by atoms with van der Waals surface area (Å²) in [6.07, 6.45) is 2.45. The van der Waals surface area contributed by atoms with Crippen LogP contribution in [-0.2, 0) is 9.59 Å². The van der Waals surface area contributed by atoms with Gasteiger partial charge in [0.2, 0.25) is 5.91 Å². The molecule has 4 heteroatoms. The van der Waals surface area contributed by atoms with Gasteiger partial charge in [-0.25, -0.2) is 0 Å². The fourth-order valence-corrected chi connectivity index (χ4v) is 1.12.